The normalized spacial score (nSPS) is 11.1. The number of fused-ring (bicyclic) bond motifs is 1. The van der Waals surface area contributed by atoms with Gasteiger partial charge in [-0.15, -0.1) is 0 Å². The molecule has 6 heteroatoms. The predicted molar refractivity (Wildman–Crippen MR) is 70.0 cm³/mol. The van der Waals surface area contributed by atoms with Crippen molar-refractivity contribution in [2.75, 3.05) is 0 Å². The number of aromatic nitrogens is 4. The summed E-state index contributed by atoms with van der Waals surface area (Å²) in [7, 11) is 1.93. The zero-order valence-corrected chi connectivity index (χ0v) is 10.5. The maximum atomic E-state index is 10.9. The highest BCUT2D eigenvalue weighted by molar-refractivity contribution is 5.93. The van der Waals surface area contributed by atoms with Crippen LogP contribution in [-0.2, 0) is 7.05 Å². The summed E-state index contributed by atoms with van der Waals surface area (Å²) >= 11 is 0. The number of nitrogens with one attached hydrogen (secondary N) is 1. The molecule has 1 aromatic carbocycles. The molecule has 0 aliphatic heterocycles. The van der Waals surface area contributed by atoms with E-state index in [1.165, 1.54) is 6.07 Å². The molecule has 2 aromatic heterocycles. The molecule has 19 heavy (non-hydrogen) atoms. The van der Waals surface area contributed by atoms with Crippen molar-refractivity contribution >= 4 is 17.0 Å². The fraction of sp³-hybridized carbons (Fsp3) is 0.154. The molecule has 0 aliphatic carbocycles. The molecule has 0 atom stereocenters. The summed E-state index contributed by atoms with van der Waals surface area (Å²) < 4.78 is 1.97. The molecule has 0 aliphatic rings. The van der Waals surface area contributed by atoms with Crippen molar-refractivity contribution < 1.29 is 9.90 Å². The quantitative estimate of drug-likeness (QED) is 0.734. The molecule has 3 rings (SSSR count). The molecule has 6 nitrogen and oxygen atoms in total. The molecule has 0 saturated heterocycles. The Hall–Kier alpha value is -2.63. The molecule has 0 saturated carbocycles. The first-order chi connectivity index (χ1) is 9.08. The number of carboxylic acids is 1. The number of aromatic amines is 1. The molecule has 2 heterocycles. The van der Waals surface area contributed by atoms with Gasteiger partial charge in [-0.1, -0.05) is 12.1 Å². The van der Waals surface area contributed by atoms with Crippen LogP contribution in [0.5, 0.6) is 0 Å². The fourth-order valence-electron chi connectivity index (χ4n) is 2.16. The van der Waals surface area contributed by atoms with Gasteiger partial charge in [0.15, 0.2) is 0 Å². The minimum atomic E-state index is -1.02. The summed E-state index contributed by atoms with van der Waals surface area (Å²) in [5.41, 5.74) is 3.36. The zero-order valence-electron chi connectivity index (χ0n) is 10.5. The predicted octanol–water partition coefficient (Wildman–Crippen LogP) is 1.97. The Morgan fingerprint density at radius 3 is 2.89 bits per heavy atom. The summed E-state index contributed by atoms with van der Waals surface area (Å²) in [6, 6.07) is 7.25. The number of carbonyl (C=O) groups is 1. The van der Waals surface area contributed by atoms with E-state index in [1.54, 1.807) is 0 Å². The van der Waals surface area contributed by atoms with Gasteiger partial charge in [0, 0.05) is 12.6 Å². The van der Waals surface area contributed by atoms with Gasteiger partial charge in [0.2, 0.25) is 0 Å². The minimum Gasteiger partial charge on any atom is -0.477 e. The molecule has 0 bridgehead atoms. The Balaban J connectivity index is 2.26. The van der Waals surface area contributed by atoms with Gasteiger partial charge in [0.25, 0.3) is 0 Å². The third-order valence-electron chi connectivity index (χ3n) is 3.20. The fourth-order valence-corrected chi connectivity index (χ4v) is 2.16. The molecule has 2 N–H and O–H groups in total. The van der Waals surface area contributed by atoms with E-state index in [2.05, 4.69) is 15.2 Å². The number of benzene rings is 1. The van der Waals surface area contributed by atoms with E-state index in [1.807, 2.05) is 36.7 Å². The SMILES string of the molecule is Cc1nc2cccc(-c3cc(C(=O)O)[nH]n3)c2n1C. The highest BCUT2D eigenvalue weighted by Gasteiger charge is 2.14. The van der Waals surface area contributed by atoms with Gasteiger partial charge in [-0.3, -0.25) is 5.10 Å². The van der Waals surface area contributed by atoms with Gasteiger partial charge >= 0.3 is 5.97 Å². The van der Waals surface area contributed by atoms with Crippen LogP contribution in [0.4, 0.5) is 0 Å². The van der Waals surface area contributed by atoms with E-state index in [9.17, 15) is 4.79 Å². The maximum absolute atomic E-state index is 10.9. The Kier molecular flexibility index (Phi) is 2.38. The van der Waals surface area contributed by atoms with E-state index in [-0.39, 0.29) is 5.69 Å². The van der Waals surface area contributed by atoms with E-state index < -0.39 is 5.97 Å². The van der Waals surface area contributed by atoms with Crippen molar-refractivity contribution in [3.63, 3.8) is 0 Å². The number of carboxylic acid groups (broad SMARTS) is 1. The Morgan fingerprint density at radius 1 is 1.42 bits per heavy atom. The Labute approximate surface area is 108 Å². The van der Waals surface area contributed by atoms with Crippen molar-refractivity contribution in [3.05, 3.63) is 35.8 Å². The van der Waals surface area contributed by atoms with Crippen LogP contribution in [0.1, 0.15) is 16.3 Å². The molecule has 0 unspecified atom stereocenters. The highest BCUT2D eigenvalue weighted by Crippen LogP contribution is 2.27. The monoisotopic (exact) mass is 256 g/mol. The average Bonchev–Trinajstić information content (AvgIpc) is 2.96. The topological polar surface area (TPSA) is 83.8 Å². The molecule has 3 aromatic rings. The lowest BCUT2D eigenvalue weighted by molar-refractivity contribution is 0.0690. The number of imidazole rings is 1. The largest absolute Gasteiger partial charge is 0.477 e. The summed E-state index contributed by atoms with van der Waals surface area (Å²) in [6.45, 7) is 1.93. The second kappa shape index (κ2) is 3.94. The van der Waals surface area contributed by atoms with Gasteiger partial charge in [-0.25, -0.2) is 9.78 Å². The zero-order chi connectivity index (χ0) is 13.6. The van der Waals surface area contributed by atoms with Gasteiger partial charge < -0.3 is 9.67 Å². The average molecular weight is 256 g/mol. The lowest BCUT2D eigenvalue weighted by Crippen LogP contribution is -1.95. The van der Waals surface area contributed by atoms with Crippen molar-refractivity contribution in [1.82, 2.24) is 19.7 Å². The number of rotatable bonds is 2. The number of aromatic carboxylic acids is 1. The molecule has 0 amide bonds. The standard InChI is InChI=1S/C13H12N4O2/c1-7-14-9-5-3-4-8(12(9)17(7)2)10-6-11(13(18)19)16-15-10/h3-6H,1-2H3,(H,15,16)(H,18,19). The minimum absolute atomic E-state index is 0.0749. The first-order valence-corrected chi connectivity index (χ1v) is 5.79. The van der Waals surface area contributed by atoms with Crippen LogP contribution in [0, 0.1) is 6.92 Å². The van der Waals surface area contributed by atoms with Gasteiger partial charge in [0.1, 0.15) is 11.5 Å². The van der Waals surface area contributed by atoms with E-state index >= 15 is 0 Å². The summed E-state index contributed by atoms with van der Waals surface area (Å²) in [4.78, 5) is 15.3. The number of H-pyrrole nitrogens is 1. The van der Waals surface area contributed by atoms with Crippen LogP contribution < -0.4 is 0 Å². The maximum Gasteiger partial charge on any atom is 0.353 e. The van der Waals surface area contributed by atoms with Crippen molar-refractivity contribution in [3.8, 4) is 11.3 Å². The second-order valence-corrected chi connectivity index (χ2v) is 4.36. The Morgan fingerprint density at radius 2 is 2.21 bits per heavy atom. The molecular formula is C13H12N4O2. The molecule has 0 fully saturated rings. The van der Waals surface area contributed by atoms with E-state index in [0.29, 0.717) is 5.69 Å². The number of nitrogens with zero attached hydrogens (tertiary/aromatic N) is 3. The molecule has 0 radical (unpaired) electrons. The Bertz CT molecular complexity index is 785. The van der Waals surface area contributed by atoms with Gasteiger partial charge in [-0.05, 0) is 19.1 Å². The smallest absolute Gasteiger partial charge is 0.353 e. The van der Waals surface area contributed by atoms with Crippen LogP contribution in [0.15, 0.2) is 24.3 Å². The van der Waals surface area contributed by atoms with E-state index in [0.717, 1.165) is 22.4 Å². The number of hydrogen-bond donors (Lipinski definition) is 2. The number of hydrogen-bond acceptors (Lipinski definition) is 3. The van der Waals surface area contributed by atoms with E-state index in [4.69, 9.17) is 5.11 Å². The second-order valence-electron chi connectivity index (χ2n) is 4.36. The van der Waals surface area contributed by atoms with Crippen LogP contribution in [0.2, 0.25) is 0 Å². The molecule has 96 valence electrons. The third kappa shape index (κ3) is 1.69. The van der Waals surface area contributed by atoms with Crippen LogP contribution in [-0.4, -0.2) is 30.8 Å². The number of para-hydroxylation sites is 1. The van der Waals surface area contributed by atoms with Crippen molar-refractivity contribution in [2.45, 2.75) is 6.92 Å². The molecule has 0 spiro atoms. The van der Waals surface area contributed by atoms with Crippen LogP contribution in [0.3, 0.4) is 0 Å². The first-order valence-electron chi connectivity index (χ1n) is 5.79. The summed E-state index contributed by atoms with van der Waals surface area (Å²) in [5, 5.41) is 15.5. The highest BCUT2D eigenvalue weighted by atomic mass is 16.4. The summed E-state index contributed by atoms with van der Waals surface area (Å²) in [5.74, 6) is -0.122. The van der Waals surface area contributed by atoms with Crippen molar-refractivity contribution in [2.24, 2.45) is 7.05 Å². The van der Waals surface area contributed by atoms with Crippen LogP contribution >= 0.6 is 0 Å². The van der Waals surface area contributed by atoms with Gasteiger partial charge in [0.05, 0.1) is 16.7 Å². The van der Waals surface area contributed by atoms with Crippen LogP contribution in [0.25, 0.3) is 22.3 Å². The number of aryl methyl sites for hydroxylation is 2. The lowest BCUT2D eigenvalue weighted by atomic mass is 10.1. The van der Waals surface area contributed by atoms with Gasteiger partial charge in [-0.2, -0.15) is 5.10 Å². The third-order valence-corrected chi connectivity index (χ3v) is 3.20. The lowest BCUT2D eigenvalue weighted by Gasteiger charge is -2.02. The molecular weight excluding hydrogens is 244 g/mol. The summed E-state index contributed by atoms with van der Waals surface area (Å²) in [6.07, 6.45) is 0. The first kappa shape index (κ1) is 11.5. The van der Waals surface area contributed by atoms with Crippen molar-refractivity contribution in [1.29, 1.82) is 0 Å².